The van der Waals surface area contributed by atoms with Crippen LogP contribution in [-0.4, -0.2) is 41.5 Å². The number of carbonyl (C=O) groups is 3. The lowest BCUT2D eigenvalue weighted by Gasteiger charge is -2.23. The number of nitrogens with zero attached hydrogens (tertiary/aromatic N) is 2. The van der Waals surface area contributed by atoms with E-state index in [1.807, 2.05) is 6.92 Å². The number of ketones is 1. The van der Waals surface area contributed by atoms with Gasteiger partial charge in [0.25, 0.3) is 5.78 Å². The van der Waals surface area contributed by atoms with E-state index in [0.29, 0.717) is 23.4 Å². The fraction of sp³-hybridized carbons (Fsp3) is 0.143. The molecule has 5 rings (SSSR count). The molecule has 0 spiro atoms. The number of hydrogen-bond donors (Lipinski definition) is 1. The second-order valence-corrected chi connectivity index (χ2v) is 9.36. The summed E-state index contributed by atoms with van der Waals surface area (Å²) in [5.41, 5.74) is 1.33. The van der Waals surface area contributed by atoms with Gasteiger partial charge in [-0.1, -0.05) is 23.5 Å². The van der Waals surface area contributed by atoms with Gasteiger partial charge in [0.15, 0.2) is 5.13 Å². The van der Waals surface area contributed by atoms with Crippen LogP contribution in [0.15, 0.2) is 72.3 Å². The first-order valence-corrected chi connectivity index (χ1v) is 12.4. The third kappa shape index (κ3) is 4.39. The van der Waals surface area contributed by atoms with E-state index >= 15 is 0 Å². The van der Waals surface area contributed by atoms with Crippen LogP contribution in [0.3, 0.4) is 0 Å². The molecule has 0 radical (unpaired) electrons. The smallest absolute Gasteiger partial charge is 0.337 e. The molecule has 38 heavy (non-hydrogen) atoms. The Labute approximate surface area is 220 Å². The van der Waals surface area contributed by atoms with E-state index < -0.39 is 35.3 Å². The van der Waals surface area contributed by atoms with Gasteiger partial charge in [0.2, 0.25) is 0 Å². The van der Waals surface area contributed by atoms with Crippen molar-refractivity contribution in [1.82, 2.24) is 4.98 Å². The molecule has 1 aliphatic rings. The Hall–Kier alpha value is -4.57. The monoisotopic (exact) mass is 532 g/mol. The van der Waals surface area contributed by atoms with Crippen molar-refractivity contribution >= 4 is 50.1 Å². The minimum absolute atomic E-state index is 0.172. The molecule has 4 aromatic rings. The molecular weight excluding hydrogens is 511 g/mol. The van der Waals surface area contributed by atoms with Crippen LogP contribution in [0.1, 0.15) is 34.5 Å². The number of benzene rings is 3. The van der Waals surface area contributed by atoms with Gasteiger partial charge in [-0.3, -0.25) is 14.5 Å². The average Bonchev–Trinajstić information content (AvgIpc) is 3.46. The summed E-state index contributed by atoms with van der Waals surface area (Å²) in [6.45, 7) is 2.35. The highest BCUT2D eigenvalue weighted by Crippen LogP contribution is 2.44. The standard InChI is InChI=1S/C28H21FN2O6S/c1-3-37-19-12-13-20-21(14-19)38-28(30-20)31-23(15-4-6-17(7-5-15)27(35)36-2)22(25(33)26(31)34)24(32)16-8-10-18(29)11-9-16/h4-14,23,32H,3H2,1-2H3. The number of esters is 1. The van der Waals surface area contributed by atoms with Crippen molar-refractivity contribution < 1.29 is 33.4 Å². The number of rotatable bonds is 6. The van der Waals surface area contributed by atoms with E-state index in [0.717, 1.165) is 16.8 Å². The first-order chi connectivity index (χ1) is 18.3. The van der Waals surface area contributed by atoms with E-state index in [1.165, 1.54) is 47.6 Å². The number of aliphatic hydroxyl groups is 1. The maximum Gasteiger partial charge on any atom is 0.337 e. The summed E-state index contributed by atoms with van der Waals surface area (Å²) in [5, 5.41) is 11.4. The zero-order chi connectivity index (χ0) is 27.0. The minimum atomic E-state index is -1.06. The lowest BCUT2D eigenvalue weighted by molar-refractivity contribution is -0.132. The summed E-state index contributed by atoms with van der Waals surface area (Å²) in [7, 11) is 1.26. The largest absolute Gasteiger partial charge is 0.507 e. The molecule has 1 saturated heterocycles. The molecule has 1 aromatic heterocycles. The molecule has 1 N–H and O–H groups in total. The third-order valence-corrected chi connectivity index (χ3v) is 7.09. The van der Waals surface area contributed by atoms with Crippen LogP contribution < -0.4 is 9.64 Å². The summed E-state index contributed by atoms with van der Waals surface area (Å²) >= 11 is 1.20. The van der Waals surface area contributed by atoms with E-state index in [9.17, 15) is 23.9 Å². The number of methoxy groups -OCH3 is 1. The van der Waals surface area contributed by atoms with Crippen LogP contribution >= 0.6 is 11.3 Å². The van der Waals surface area contributed by atoms with Gasteiger partial charge in [0, 0.05) is 5.56 Å². The molecule has 1 unspecified atom stereocenters. The van der Waals surface area contributed by atoms with Crippen molar-refractivity contribution in [3.8, 4) is 5.75 Å². The lowest BCUT2D eigenvalue weighted by Crippen LogP contribution is -2.29. The maximum absolute atomic E-state index is 13.5. The Bertz CT molecular complexity index is 1590. The lowest BCUT2D eigenvalue weighted by atomic mass is 9.95. The molecule has 1 amide bonds. The van der Waals surface area contributed by atoms with Gasteiger partial charge in [-0.25, -0.2) is 14.2 Å². The Kier molecular flexibility index (Phi) is 6.64. The van der Waals surface area contributed by atoms with Crippen LogP contribution in [0.25, 0.3) is 16.0 Å². The average molecular weight is 533 g/mol. The molecule has 1 atom stereocenters. The van der Waals surface area contributed by atoms with Crippen molar-refractivity contribution in [3.05, 3.63) is 94.8 Å². The third-order valence-electron chi connectivity index (χ3n) is 6.08. The molecule has 1 aliphatic heterocycles. The molecule has 3 aromatic carbocycles. The molecule has 1 fully saturated rings. The highest BCUT2D eigenvalue weighted by Gasteiger charge is 2.48. The van der Waals surface area contributed by atoms with Crippen molar-refractivity contribution in [1.29, 1.82) is 0 Å². The Morgan fingerprint density at radius 2 is 1.74 bits per heavy atom. The normalized spacial score (nSPS) is 16.7. The molecule has 192 valence electrons. The number of amides is 1. The van der Waals surface area contributed by atoms with Crippen LogP contribution in [0, 0.1) is 5.82 Å². The molecule has 10 heteroatoms. The molecule has 0 bridgehead atoms. The SMILES string of the molecule is CCOc1ccc2nc(N3C(=O)C(=O)C(=C(O)c4ccc(F)cc4)C3c3ccc(C(=O)OC)cc3)sc2c1. The van der Waals surface area contributed by atoms with Gasteiger partial charge in [0.05, 0.1) is 41.1 Å². The molecule has 0 aliphatic carbocycles. The van der Waals surface area contributed by atoms with Gasteiger partial charge >= 0.3 is 11.9 Å². The highest BCUT2D eigenvalue weighted by atomic mass is 32.1. The number of fused-ring (bicyclic) bond motifs is 1. The van der Waals surface area contributed by atoms with Gasteiger partial charge < -0.3 is 14.6 Å². The van der Waals surface area contributed by atoms with Crippen molar-refractivity contribution in [2.75, 3.05) is 18.6 Å². The number of carbonyl (C=O) groups excluding carboxylic acids is 3. The summed E-state index contributed by atoms with van der Waals surface area (Å²) in [6, 6.07) is 15.4. The van der Waals surface area contributed by atoms with Gasteiger partial charge in [-0.2, -0.15) is 0 Å². The van der Waals surface area contributed by atoms with Gasteiger partial charge in [0.1, 0.15) is 17.3 Å². The van der Waals surface area contributed by atoms with Gasteiger partial charge in [-0.05, 0) is 67.1 Å². The number of aliphatic hydroxyl groups excluding tert-OH is 1. The Balaban J connectivity index is 1.68. The molecule has 8 nitrogen and oxygen atoms in total. The highest BCUT2D eigenvalue weighted by molar-refractivity contribution is 7.22. The fourth-order valence-electron chi connectivity index (χ4n) is 4.28. The van der Waals surface area contributed by atoms with Crippen molar-refractivity contribution in [2.24, 2.45) is 0 Å². The van der Waals surface area contributed by atoms with Crippen LogP contribution in [0.2, 0.25) is 0 Å². The predicted octanol–water partition coefficient (Wildman–Crippen LogP) is 5.25. The van der Waals surface area contributed by atoms with Crippen LogP contribution in [0.4, 0.5) is 9.52 Å². The summed E-state index contributed by atoms with van der Waals surface area (Å²) < 4.78 is 24.6. The molecule has 0 saturated carbocycles. The van der Waals surface area contributed by atoms with E-state index in [-0.39, 0.29) is 21.8 Å². The number of aromatic nitrogens is 1. The second-order valence-electron chi connectivity index (χ2n) is 8.35. The summed E-state index contributed by atoms with van der Waals surface area (Å²) in [4.78, 5) is 44.5. The van der Waals surface area contributed by atoms with Crippen molar-refractivity contribution in [3.63, 3.8) is 0 Å². The molecule has 2 heterocycles. The van der Waals surface area contributed by atoms with Gasteiger partial charge in [-0.15, -0.1) is 0 Å². The van der Waals surface area contributed by atoms with E-state index in [4.69, 9.17) is 9.47 Å². The number of hydrogen-bond acceptors (Lipinski definition) is 8. The Morgan fingerprint density at radius 1 is 1.05 bits per heavy atom. The number of halogens is 1. The quantitative estimate of drug-likeness (QED) is 0.157. The first kappa shape index (κ1) is 25.1. The number of ether oxygens (including phenoxy) is 2. The van der Waals surface area contributed by atoms with E-state index in [1.54, 1.807) is 30.3 Å². The second kappa shape index (κ2) is 10.1. The topological polar surface area (TPSA) is 106 Å². The van der Waals surface area contributed by atoms with Crippen molar-refractivity contribution in [2.45, 2.75) is 13.0 Å². The number of Topliss-reactive ketones (excluding diaryl/α,β-unsaturated/α-hetero) is 1. The maximum atomic E-state index is 13.5. The van der Waals surface area contributed by atoms with E-state index in [2.05, 4.69) is 4.98 Å². The zero-order valence-corrected chi connectivity index (χ0v) is 21.1. The summed E-state index contributed by atoms with van der Waals surface area (Å²) in [5.74, 6) is -2.66. The first-order valence-electron chi connectivity index (χ1n) is 11.6. The number of anilines is 1. The van der Waals surface area contributed by atoms with Crippen LogP contribution in [-0.2, 0) is 14.3 Å². The Morgan fingerprint density at radius 3 is 2.39 bits per heavy atom. The minimum Gasteiger partial charge on any atom is -0.507 e. The number of thiazole rings is 1. The zero-order valence-electron chi connectivity index (χ0n) is 20.3. The fourth-order valence-corrected chi connectivity index (χ4v) is 5.30. The summed E-state index contributed by atoms with van der Waals surface area (Å²) in [6.07, 6.45) is 0. The predicted molar refractivity (Wildman–Crippen MR) is 140 cm³/mol. The molecular formula is C28H21FN2O6S. The van der Waals surface area contributed by atoms with Crippen LogP contribution in [0.5, 0.6) is 5.75 Å².